The van der Waals surface area contributed by atoms with Crippen LogP contribution in [-0.2, 0) is 0 Å². The van der Waals surface area contributed by atoms with Crippen LogP contribution < -0.4 is 0 Å². The Morgan fingerprint density at radius 1 is 1.00 bits per heavy atom. The molecule has 0 aliphatic rings. The van der Waals surface area contributed by atoms with Crippen LogP contribution in [0.1, 0.15) is 29.1 Å². The van der Waals surface area contributed by atoms with Gasteiger partial charge >= 0.3 is 76.8 Å². The van der Waals surface area contributed by atoms with Gasteiger partial charge in [0.2, 0.25) is 0 Å². The molecule has 0 rings (SSSR count). The Hall–Kier alpha value is 0.0125. The third-order valence-corrected chi connectivity index (χ3v) is 2.52. The summed E-state index contributed by atoms with van der Waals surface area (Å²) in [5.41, 5.74) is 2.91. The predicted octanol–water partition coefficient (Wildman–Crippen LogP) is 3.57. The number of hydrogen-bond acceptors (Lipinski definition) is 0. The first-order chi connectivity index (χ1) is 5.13. The van der Waals surface area contributed by atoms with Gasteiger partial charge in [0.05, 0.1) is 0 Å². The van der Waals surface area contributed by atoms with Crippen LogP contribution in [0.3, 0.4) is 0 Å². The molecular weight excluding hydrogens is 147 g/mol. The zero-order chi connectivity index (χ0) is 8.69. The normalized spacial score (nSPS) is 8.36. The van der Waals surface area contributed by atoms with Gasteiger partial charge in [-0.2, -0.15) is 0 Å². The van der Waals surface area contributed by atoms with Crippen LogP contribution in [0.2, 0.25) is 10.6 Å². The van der Waals surface area contributed by atoms with Crippen molar-refractivity contribution in [3.8, 4) is 0 Å². The minimum absolute atomic E-state index is 0. The van der Waals surface area contributed by atoms with Gasteiger partial charge in [0, 0.05) is 0 Å². The molecule has 0 amide bonds. The van der Waals surface area contributed by atoms with E-state index in [2.05, 4.69) is 39.8 Å². The van der Waals surface area contributed by atoms with Gasteiger partial charge in [-0.05, 0) is 0 Å². The van der Waals surface area contributed by atoms with Crippen molar-refractivity contribution in [3.63, 3.8) is 0 Å². The van der Waals surface area contributed by atoms with E-state index in [9.17, 15) is 0 Å². The largest absolute Gasteiger partial charge is 1.00 e. The monoisotopic (exact) mass is 166 g/mol. The molecule has 0 aromatic heterocycles. The average Bonchev–Trinajstić information content (AvgIpc) is 1.85. The number of hydrogen-bond donors (Lipinski definition) is 0. The summed E-state index contributed by atoms with van der Waals surface area (Å²) in [5, 5.41) is 2.62. The topological polar surface area (TPSA) is 0 Å². The molecule has 0 saturated heterocycles. The number of allylic oxidation sites excluding steroid dienone is 4. The third-order valence-electron chi connectivity index (χ3n) is 1.39. The number of rotatable bonds is 4. The molecule has 0 bridgehead atoms. The molecule has 0 aromatic carbocycles. The standard InChI is InChI=1S/2C5H9.Al.H/c2*1-4-5(2)3;;/h2*4H,1H2,2-3H3;;/q;;+1;-1. The molecule has 0 atom stereocenters. The van der Waals surface area contributed by atoms with Gasteiger partial charge in [-0.15, -0.1) is 0 Å². The van der Waals surface area contributed by atoms with E-state index in [0.717, 1.165) is 0 Å². The molecule has 0 radical (unpaired) electrons. The second-order valence-corrected chi connectivity index (χ2v) is 4.84. The molecule has 0 N–H and O–H groups in total. The Bertz CT molecular complexity index is 133. The smallest absolute Gasteiger partial charge is 1.00 e. The molecule has 0 nitrogen and oxygen atoms in total. The van der Waals surface area contributed by atoms with Crippen molar-refractivity contribution in [2.75, 3.05) is 0 Å². The van der Waals surface area contributed by atoms with Crippen molar-refractivity contribution < 1.29 is 1.43 Å². The minimum atomic E-state index is 0. The molecule has 11 heavy (non-hydrogen) atoms. The molecule has 0 saturated carbocycles. The van der Waals surface area contributed by atoms with Crippen LogP contribution in [0, 0.1) is 0 Å². The maximum absolute atomic E-state index is 2.34. The van der Waals surface area contributed by atoms with E-state index < -0.39 is 0 Å². The van der Waals surface area contributed by atoms with E-state index in [-0.39, 0.29) is 1.43 Å². The van der Waals surface area contributed by atoms with Crippen LogP contribution in [0.4, 0.5) is 0 Å². The van der Waals surface area contributed by atoms with Gasteiger partial charge in [0.1, 0.15) is 0 Å². The second-order valence-electron chi connectivity index (χ2n) is 3.32. The minimum Gasteiger partial charge on any atom is -1.00 e. The molecule has 0 unspecified atom stereocenters. The Kier molecular flexibility index (Phi) is 6.71. The van der Waals surface area contributed by atoms with E-state index in [1.807, 2.05) is 0 Å². The van der Waals surface area contributed by atoms with E-state index in [1.165, 1.54) is 21.7 Å². The van der Waals surface area contributed by atoms with Gasteiger partial charge < -0.3 is 1.43 Å². The first kappa shape index (κ1) is 11.0. The van der Waals surface area contributed by atoms with Crippen molar-refractivity contribution in [1.82, 2.24) is 0 Å². The van der Waals surface area contributed by atoms with Crippen LogP contribution in [0.5, 0.6) is 0 Å². The Morgan fingerprint density at radius 2 is 1.36 bits per heavy atom. The Labute approximate surface area is 78.6 Å². The summed E-state index contributed by atoms with van der Waals surface area (Å²) in [6.45, 7) is 8.67. The van der Waals surface area contributed by atoms with Gasteiger partial charge in [0.25, 0.3) is 0 Å². The maximum Gasteiger partial charge on any atom is -1.00 e. The molecule has 0 aliphatic heterocycles. The van der Waals surface area contributed by atoms with Gasteiger partial charge in [-0.1, -0.05) is 0 Å². The molecule has 62 valence electrons. The van der Waals surface area contributed by atoms with Crippen molar-refractivity contribution >= 4 is 15.2 Å². The zero-order valence-electron chi connectivity index (χ0n) is 9.15. The van der Waals surface area contributed by atoms with Gasteiger partial charge in [-0.3, -0.25) is 0 Å². The van der Waals surface area contributed by atoms with E-state index in [0.29, 0.717) is 15.2 Å². The van der Waals surface area contributed by atoms with Crippen LogP contribution in [0.25, 0.3) is 0 Å². The van der Waals surface area contributed by atoms with E-state index in [4.69, 9.17) is 0 Å². The fourth-order valence-corrected chi connectivity index (χ4v) is 2.20. The summed E-state index contributed by atoms with van der Waals surface area (Å²) in [5.74, 6) is 0. The summed E-state index contributed by atoms with van der Waals surface area (Å²) in [7, 11) is 0. The Balaban J connectivity index is 0. The molecule has 0 spiro atoms. The fraction of sp³-hybridized carbons (Fsp3) is 0.600. The summed E-state index contributed by atoms with van der Waals surface area (Å²) in [6.07, 6.45) is 4.68. The van der Waals surface area contributed by atoms with Crippen molar-refractivity contribution in [1.29, 1.82) is 0 Å². The molecule has 0 aromatic rings. The van der Waals surface area contributed by atoms with Crippen molar-refractivity contribution in [3.05, 3.63) is 23.3 Å². The van der Waals surface area contributed by atoms with Gasteiger partial charge in [0.15, 0.2) is 0 Å². The summed E-state index contributed by atoms with van der Waals surface area (Å²) in [4.78, 5) is 0. The van der Waals surface area contributed by atoms with Crippen LogP contribution >= 0.6 is 0 Å². The van der Waals surface area contributed by atoms with Crippen LogP contribution in [-0.4, -0.2) is 15.2 Å². The Morgan fingerprint density at radius 3 is 1.64 bits per heavy atom. The maximum atomic E-state index is 2.34. The summed E-state index contributed by atoms with van der Waals surface area (Å²) < 4.78 is 0. The summed E-state index contributed by atoms with van der Waals surface area (Å²) in [6, 6.07) is 0. The second kappa shape index (κ2) is 6.71. The third kappa shape index (κ3) is 10.0. The first-order valence-corrected chi connectivity index (χ1v) is 5.84. The van der Waals surface area contributed by atoms with E-state index >= 15 is 0 Å². The zero-order valence-corrected chi connectivity index (χ0v) is 9.30. The molecule has 1 heteroatoms. The predicted molar refractivity (Wildman–Crippen MR) is 55.3 cm³/mol. The van der Waals surface area contributed by atoms with Crippen LogP contribution in [0.15, 0.2) is 23.3 Å². The first-order valence-electron chi connectivity index (χ1n) is 4.21. The molecule has 0 aliphatic carbocycles. The molecule has 0 fully saturated rings. The average molecular weight is 166 g/mol. The SMILES string of the molecule is CC(C)=C[CH2][Al+][CH2]C=C(C)C.[H-]. The fourth-order valence-electron chi connectivity index (χ4n) is 0.734. The quantitative estimate of drug-likeness (QED) is 0.340. The van der Waals surface area contributed by atoms with Gasteiger partial charge in [-0.25, -0.2) is 0 Å². The van der Waals surface area contributed by atoms with Crippen molar-refractivity contribution in [2.45, 2.75) is 38.3 Å². The molecule has 0 heterocycles. The molecular formula is C10H19Al. The summed E-state index contributed by atoms with van der Waals surface area (Å²) >= 11 is 0.619. The van der Waals surface area contributed by atoms with E-state index in [1.54, 1.807) is 0 Å². The van der Waals surface area contributed by atoms with Crippen molar-refractivity contribution in [2.24, 2.45) is 0 Å².